The van der Waals surface area contributed by atoms with Crippen molar-refractivity contribution in [3.05, 3.63) is 47.2 Å². The van der Waals surface area contributed by atoms with Gasteiger partial charge in [-0.15, -0.1) is 11.8 Å². The Morgan fingerprint density at radius 3 is 2.88 bits per heavy atom. The summed E-state index contributed by atoms with van der Waals surface area (Å²) < 4.78 is 4.01. The highest BCUT2D eigenvalue weighted by Crippen LogP contribution is 2.25. The molecule has 2 aromatic rings. The van der Waals surface area contributed by atoms with Crippen LogP contribution in [0.3, 0.4) is 0 Å². The maximum Gasteiger partial charge on any atom is 0.168 e. The Kier molecular flexibility index (Phi) is 3.20. The third-order valence-corrected chi connectivity index (χ3v) is 4.49. The van der Waals surface area contributed by atoms with Gasteiger partial charge in [-0.25, -0.2) is 4.98 Å². The average Bonchev–Trinajstić information content (AvgIpc) is 3.00. The zero-order valence-corrected chi connectivity index (χ0v) is 10.7. The number of hydrogen-bond acceptors (Lipinski definition) is 5. The van der Waals surface area contributed by atoms with Gasteiger partial charge in [-0.05, 0) is 23.5 Å². The molecule has 5 heteroatoms. The van der Waals surface area contributed by atoms with E-state index in [1.807, 2.05) is 6.07 Å². The van der Waals surface area contributed by atoms with Crippen molar-refractivity contribution in [2.75, 3.05) is 5.75 Å². The Morgan fingerprint density at radius 2 is 2.12 bits per heavy atom. The van der Waals surface area contributed by atoms with Gasteiger partial charge in [0.2, 0.25) is 0 Å². The van der Waals surface area contributed by atoms with Crippen LogP contribution in [-0.2, 0) is 6.42 Å². The van der Waals surface area contributed by atoms with E-state index in [1.54, 1.807) is 18.1 Å². The lowest BCUT2D eigenvalue weighted by Gasteiger charge is -2.04. The molecule has 3 rings (SSSR count). The zero-order valence-electron chi connectivity index (χ0n) is 9.11. The number of benzene rings is 1. The number of aromatic nitrogens is 2. The van der Waals surface area contributed by atoms with Crippen molar-refractivity contribution in [1.82, 2.24) is 9.36 Å². The van der Waals surface area contributed by atoms with Gasteiger partial charge in [0.1, 0.15) is 11.4 Å². The largest absolute Gasteiger partial charge is 0.271 e. The van der Waals surface area contributed by atoms with Gasteiger partial charge < -0.3 is 0 Å². The molecule has 0 amide bonds. The third-order valence-electron chi connectivity index (χ3n) is 2.57. The Labute approximate surface area is 108 Å². The smallest absolute Gasteiger partial charge is 0.168 e. The topological polar surface area (TPSA) is 38.1 Å². The second-order valence-corrected chi connectivity index (χ2v) is 5.62. The molecule has 0 fully saturated rings. The first-order valence-electron chi connectivity index (χ1n) is 5.43. The maximum absolute atomic E-state index is 4.71. The average molecular weight is 261 g/mol. The number of thioether (sulfide) groups is 1. The summed E-state index contributed by atoms with van der Waals surface area (Å²) in [5.41, 5.74) is 1.35. The summed E-state index contributed by atoms with van der Waals surface area (Å²) >= 11 is 3.20. The molecule has 17 heavy (non-hydrogen) atoms. The molecule has 0 aliphatic carbocycles. The highest BCUT2D eigenvalue weighted by Gasteiger charge is 2.21. The summed E-state index contributed by atoms with van der Waals surface area (Å²) in [6.45, 7) is 0. The lowest BCUT2D eigenvalue weighted by atomic mass is 10.1. The van der Waals surface area contributed by atoms with Crippen LogP contribution in [0.5, 0.6) is 0 Å². The highest BCUT2D eigenvalue weighted by atomic mass is 32.2. The molecule has 0 radical (unpaired) electrons. The molecule has 1 unspecified atom stereocenters. The van der Waals surface area contributed by atoms with Crippen LogP contribution in [0.15, 0.2) is 41.7 Å². The molecule has 3 nitrogen and oxygen atoms in total. The van der Waals surface area contributed by atoms with Crippen molar-refractivity contribution < 1.29 is 0 Å². The highest BCUT2D eigenvalue weighted by molar-refractivity contribution is 8.15. The number of aliphatic imine (C=N–C) groups is 1. The molecule has 0 saturated heterocycles. The van der Waals surface area contributed by atoms with E-state index in [0.717, 1.165) is 22.2 Å². The second-order valence-electron chi connectivity index (χ2n) is 3.84. The first kappa shape index (κ1) is 10.9. The molecular formula is C12H11N3S2. The van der Waals surface area contributed by atoms with Crippen molar-refractivity contribution >= 4 is 28.3 Å². The Bertz CT molecular complexity index is 508. The molecule has 2 heterocycles. The van der Waals surface area contributed by atoms with Gasteiger partial charge in [-0.1, -0.05) is 30.3 Å². The number of hydrogen-bond donors (Lipinski definition) is 0. The molecule has 0 saturated carbocycles. The standard InChI is InChI=1S/C12H11N3S2/c1-2-4-9(5-3-1)6-10-7-16-12(15-10)11-13-8-14-17-11/h1-5,8,10H,6-7H2. The quantitative estimate of drug-likeness (QED) is 0.852. The Hall–Kier alpha value is -1.20. The fourth-order valence-corrected chi connectivity index (χ4v) is 3.44. The summed E-state index contributed by atoms with van der Waals surface area (Å²) in [6.07, 6.45) is 2.60. The van der Waals surface area contributed by atoms with Gasteiger partial charge in [-0.2, -0.15) is 4.37 Å². The number of rotatable bonds is 3. The fourth-order valence-electron chi connectivity index (χ4n) is 1.79. The molecule has 1 aliphatic rings. The van der Waals surface area contributed by atoms with Gasteiger partial charge in [-0.3, -0.25) is 4.99 Å². The molecule has 1 aliphatic heterocycles. The predicted octanol–water partition coefficient (Wildman–Crippen LogP) is 2.64. The molecule has 0 spiro atoms. The molecule has 1 atom stereocenters. The summed E-state index contributed by atoms with van der Waals surface area (Å²) in [5.74, 6) is 1.05. The van der Waals surface area contributed by atoms with Crippen LogP contribution in [0, 0.1) is 0 Å². The van der Waals surface area contributed by atoms with Crippen molar-refractivity contribution in [2.24, 2.45) is 4.99 Å². The fraction of sp³-hybridized carbons (Fsp3) is 0.250. The van der Waals surface area contributed by atoms with Crippen molar-refractivity contribution in [1.29, 1.82) is 0 Å². The Balaban J connectivity index is 1.71. The maximum atomic E-state index is 4.71. The minimum absolute atomic E-state index is 0.376. The summed E-state index contributed by atoms with van der Waals surface area (Å²) in [6, 6.07) is 10.9. The zero-order chi connectivity index (χ0) is 11.5. The Morgan fingerprint density at radius 1 is 1.24 bits per heavy atom. The molecule has 0 bridgehead atoms. The van der Waals surface area contributed by atoms with Crippen LogP contribution in [-0.4, -0.2) is 26.2 Å². The van der Waals surface area contributed by atoms with E-state index in [1.165, 1.54) is 17.1 Å². The van der Waals surface area contributed by atoms with E-state index in [4.69, 9.17) is 4.99 Å². The van der Waals surface area contributed by atoms with Gasteiger partial charge >= 0.3 is 0 Å². The molecular weight excluding hydrogens is 250 g/mol. The van der Waals surface area contributed by atoms with Crippen molar-refractivity contribution in [2.45, 2.75) is 12.5 Å². The lowest BCUT2D eigenvalue weighted by molar-refractivity contribution is 0.763. The van der Waals surface area contributed by atoms with E-state index < -0.39 is 0 Å². The van der Waals surface area contributed by atoms with E-state index in [0.29, 0.717) is 6.04 Å². The van der Waals surface area contributed by atoms with Gasteiger partial charge in [0.15, 0.2) is 5.01 Å². The predicted molar refractivity (Wildman–Crippen MR) is 72.8 cm³/mol. The minimum atomic E-state index is 0.376. The van der Waals surface area contributed by atoms with Crippen LogP contribution in [0.2, 0.25) is 0 Å². The minimum Gasteiger partial charge on any atom is -0.271 e. The van der Waals surface area contributed by atoms with Crippen LogP contribution >= 0.6 is 23.3 Å². The van der Waals surface area contributed by atoms with E-state index >= 15 is 0 Å². The van der Waals surface area contributed by atoms with Crippen molar-refractivity contribution in [3.8, 4) is 0 Å². The normalized spacial score (nSPS) is 19.3. The summed E-state index contributed by atoms with van der Waals surface area (Å²) in [5, 5.41) is 2.00. The molecule has 86 valence electrons. The van der Waals surface area contributed by atoms with Crippen LogP contribution in [0.25, 0.3) is 0 Å². The summed E-state index contributed by atoms with van der Waals surface area (Å²) in [7, 11) is 0. The van der Waals surface area contributed by atoms with E-state index in [9.17, 15) is 0 Å². The van der Waals surface area contributed by atoms with Gasteiger partial charge in [0, 0.05) is 5.75 Å². The number of nitrogens with zero attached hydrogens (tertiary/aromatic N) is 3. The molecule has 1 aromatic carbocycles. The summed E-state index contributed by atoms with van der Waals surface area (Å²) in [4.78, 5) is 8.91. The van der Waals surface area contributed by atoms with Crippen LogP contribution in [0.4, 0.5) is 0 Å². The first-order valence-corrected chi connectivity index (χ1v) is 7.19. The third kappa shape index (κ3) is 2.56. The van der Waals surface area contributed by atoms with Crippen molar-refractivity contribution in [3.63, 3.8) is 0 Å². The van der Waals surface area contributed by atoms with Crippen LogP contribution in [0.1, 0.15) is 10.6 Å². The lowest BCUT2D eigenvalue weighted by Crippen LogP contribution is -2.07. The second kappa shape index (κ2) is 4.98. The first-order chi connectivity index (χ1) is 8.42. The van der Waals surface area contributed by atoms with E-state index in [2.05, 4.69) is 33.6 Å². The monoisotopic (exact) mass is 261 g/mol. The SMILES string of the molecule is c1ccc(CC2CSC(c3ncns3)=N2)cc1. The molecule has 0 N–H and O–H groups in total. The van der Waals surface area contributed by atoms with Crippen LogP contribution < -0.4 is 0 Å². The van der Waals surface area contributed by atoms with Gasteiger partial charge in [0.25, 0.3) is 0 Å². The molecule has 1 aromatic heterocycles. The van der Waals surface area contributed by atoms with E-state index in [-0.39, 0.29) is 0 Å². The van der Waals surface area contributed by atoms with Gasteiger partial charge in [0.05, 0.1) is 6.04 Å².